The minimum atomic E-state index is -0.490. The summed E-state index contributed by atoms with van der Waals surface area (Å²) >= 11 is 3.42. The van der Waals surface area contributed by atoms with Crippen molar-refractivity contribution in [3.8, 4) is 0 Å². The smallest absolute Gasteiger partial charge is 0.161 e. The number of hydrogen-bond donors (Lipinski definition) is 1. The van der Waals surface area contributed by atoms with E-state index in [1.54, 1.807) is 23.5 Å². The molecule has 4 aliphatic rings. The number of ketones is 1. The molecule has 0 radical (unpaired) electrons. The molecule has 90 valence electrons. The summed E-state index contributed by atoms with van der Waals surface area (Å²) in [5, 5.41) is 10.4. The van der Waals surface area contributed by atoms with Gasteiger partial charge in [-0.1, -0.05) is 0 Å². The molecule has 1 spiro atoms. The van der Waals surface area contributed by atoms with Crippen LogP contribution in [0.25, 0.3) is 0 Å². The molecular weight excluding hydrogens is 240 g/mol. The molecule has 3 aliphatic carbocycles. The summed E-state index contributed by atoms with van der Waals surface area (Å²) in [6, 6.07) is 0. The van der Waals surface area contributed by atoms with E-state index in [9.17, 15) is 9.90 Å². The van der Waals surface area contributed by atoms with Crippen molar-refractivity contribution in [3.05, 3.63) is 0 Å². The maximum absolute atomic E-state index is 12.4. The van der Waals surface area contributed by atoms with Gasteiger partial charge in [-0.25, -0.2) is 0 Å². The van der Waals surface area contributed by atoms with Gasteiger partial charge in [0.25, 0.3) is 0 Å². The molecule has 4 fully saturated rings. The monoisotopic (exact) mass is 258 g/mol. The molecule has 4 heteroatoms. The Morgan fingerprint density at radius 3 is 2.50 bits per heavy atom. The van der Waals surface area contributed by atoms with Crippen LogP contribution in [0.4, 0.5) is 0 Å². The topological polar surface area (TPSA) is 37.3 Å². The van der Waals surface area contributed by atoms with Crippen LogP contribution in [0, 0.1) is 11.8 Å². The normalized spacial score (nSPS) is 42.3. The Hall–Kier alpha value is 0.330. The summed E-state index contributed by atoms with van der Waals surface area (Å²) in [5.74, 6) is 3.70. The summed E-state index contributed by atoms with van der Waals surface area (Å²) in [4.78, 5) is 12.4. The highest BCUT2D eigenvalue weighted by Gasteiger charge is 2.51. The van der Waals surface area contributed by atoms with Gasteiger partial charge in [-0.05, 0) is 49.0 Å². The molecule has 1 N–H and O–H groups in total. The average Bonchev–Trinajstić information content (AvgIpc) is 2.25. The fourth-order valence-corrected chi connectivity index (χ4v) is 6.46. The number of thioether (sulfide) groups is 2. The number of aliphatic hydroxyl groups is 1. The predicted molar refractivity (Wildman–Crippen MR) is 68.7 cm³/mol. The van der Waals surface area contributed by atoms with Crippen molar-refractivity contribution in [2.45, 2.75) is 42.3 Å². The Morgan fingerprint density at radius 1 is 1.12 bits per heavy atom. The van der Waals surface area contributed by atoms with E-state index < -0.39 is 10.2 Å². The number of fused-ring (bicyclic) bond motifs is 2. The van der Waals surface area contributed by atoms with Gasteiger partial charge in [-0.2, -0.15) is 0 Å². The van der Waals surface area contributed by atoms with Gasteiger partial charge < -0.3 is 5.11 Å². The first-order chi connectivity index (χ1) is 7.71. The lowest BCUT2D eigenvalue weighted by Crippen LogP contribution is -2.51. The van der Waals surface area contributed by atoms with E-state index in [4.69, 9.17) is 0 Å². The lowest BCUT2D eigenvalue weighted by atomic mass is 9.67. The summed E-state index contributed by atoms with van der Waals surface area (Å²) in [5.41, 5.74) is 0. The summed E-state index contributed by atoms with van der Waals surface area (Å²) in [7, 11) is 0. The molecule has 0 aromatic heterocycles. The molecule has 1 saturated heterocycles. The molecule has 1 atom stereocenters. The van der Waals surface area contributed by atoms with Crippen LogP contribution in [0.2, 0.25) is 0 Å². The van der Waals surface area contributed by atoms with E-state index in [1.807, 2.05) is 0 Å². The van der Waals surface area contributed by atoms with Gasteiger partial charge in [0, 0.05) is 6.42 Å². The predicted octanol–water partition coefficient (Wildman–Crippen LogP) is 2.30. The highest BCUT2D eigenvalue weighted by molar-refractivity contribution is 8.20. The van der Waals surface area contributed by atoms with Gasteiger partial charge in [-0.15, -0.1) is 23.5 Å². The van der Waals surface area contributed by atoms with Crippen LogP contribution in [0.1, 0.15) is 32.1 Å². The summed E-state index contributed by atoms with van der Waals surface area (Å²) < 4.78 is -0.490. The molecule has 3 saturated carbocycles. The number of aliphatic hydroxyl groups excluding tert-OH is 1. The Balaban J connectivity index is 1.85. The standard InChI is InChI=1S/C12H18O2S2/c13-10-6-8-4-9(5-8)7-11(14)12(10)15-2-1-3-16-12/h8-10,13H,1-7H2/t8?,9?,10-/m1/s1. The second kappa shape index (κ2) is 4.21. The zero-order chi connectivity index (χ0) is 11.2. The van der Waals surface area contributed by atoms with Crippen molar-refractivity contribution in [2.24, 2.45) is 11.8 Å². The number of Topliss-reactive ketones (excluding diaryl/α,β-unsaturated/α-hetero) is 1. The second-order valence-corrected chi connectivity index (χ2v) is 8.24. The second-order valence-electron chi connectivity index (χ2n) is 5.30. The zero-order valence-corrected chi connectivity index (χ0v) is 11.0. The Bertz CT molecular complexity index is 293. The third-order valence-electron chi connectivity index (χ3n) is 4.11. The molecular formula is C12H18O2S2. The molecule has 0 aromatic rings. The molecule has 2 nitrogen and oxygen atoms in total. The van der Waals surface area contributed by atoms with Crippen molar-refractivity contribution in [2.75, 3.05) is 11.5 Å². The van der Waals surface area contributed by atoms with Crippen LogP contribution in [-0.4, -0.2) is 32.6 Å². The maximum atomic E-state index is 12.4. The molecule has 16 heavy (non-hydrogen) atoms. The van der Waals surface area contributed by atoms with Crippen molar-refractivity contribution in [1.82, 2.24) is 0 Å². The lowest BCUT2D eigenvalue weighted by molar-refractivity contribution is -0.125. The van der Waals surface area contributed by atoms with Crippen LogP contribution in [0.5, 0.6) is 0 Å². The zero-order valence-electron chi connectivity index (χ0n) is 9.35. The summed E-state index contributed by atoms with van der Waals surface area (Å²) in [6.45, 7) is 0. The highest BCUT2D eigenvalue weighted by atomic mass is 32.2. The minimum Gasteiger partial charge on any atom is -0.390 e. The average molecular weight is 258 g/mol. The third-order valence-corrected chi connectivity index (χ3v) is 7.66. The van der Waals surface area contributed by atoms with E-state index in [-0.39, 0.29) is 0 Å². The lowest BCUT2D eigenvalue weighted by Gasteiger charge is -2.47. The van der Waals surface area contributed by atoms with Crippen LogP contribution in [0.15, 0.2) is 0 Å². The first-order valence-electron chi connectivity index (χ1n) is 6.20. The molecule has 1 aliphatic heterocycles. The minimum absolute atomic E-state index is 0.317. The first-order valence-corrected chi connectivity index (χ1v) is 8.17. The fourth-order valence-electron chi connectivity index (χ4n) is 3.20. The maximum Gasteiger partial charge on any atom is 0.161 e. The highest BCUT2D eigenvalue weighted by Crippen LogP contribution is 2.53. The quantitative estimate of drug-likeness (QED) is 0.723. The van der Waals surface area contributed by atoms with Gasteiger partial charge in [0.2, 0.25) is 0 Å². The molecule has 0 aromatic carbocycles. The number of rotatable bonds is 0. The van der Waals surface area contributed by atoms with Crippen LogP contribution >= 0.6 is 23.5 Å². The molecule has 1 heterocycles. The van der Waals surface area contributed by atoms with Crippen LogP contribution < -0.4 is 0 Å². The van der Waals surface area contributed by atoms with E-state index >= 15 is 0 Å². The molecule has 0 unspecified atom stereocenters. The van der Waals surface area contributed by atoms with Crippen molar-refractivity contribution < 1.29 is 9.90 Å². The van der Waals surface area contributed by atoms with E-state index in [0.717, 1.165) is 17.9 Å². The fraction of sp³-hybridized carbons (Fsp3) is 0.917. The number of carbonyl (C=O) groups is 1. The van der Waals surface area contributed by atoms with Gasteiger partial charge in [0.1, 0.15) is 4.08 Å². The van der Waals surface area contributed by atoms with Crippen molar-refractivity contribution >= 4 is 29.3 Å². The van der Waals surface area contributed by atoms with E-state index in [1.165, 1.54) is 19.3 Å². The van der Waals surface area contributed by atoms with Gasteiger partial charge in [0.15, 0.2) is 5.78 Å². The van der Waals surface area contributed by atoms with Crippen molar-refractivity contribution in [1.29, 1.82) is 0 Å². The van der Waals surface area contributed by atoms with Gasteiger partial charge in [-0.3, -0.25) is 4.79 Å². The Morgan fingerprint density at radius 2 is 1.81 bits per heavy atom. The largest absolute Gasteiger partial charge is 0.390 e. The van der Waals surface area contributed by atoms with Gasteiger partial charge >= 0.3 is 0 Å². The van der Waals surface area contributed by atoms with Gasteiger partial charge in [0.05, 0.1) is 6.10 Å². The van der Waals surface area contributed by atoms with E-state index in [2.05, 4.69) is 0 Å². The number of hydrogen-bond acceptors (Lipinski definition) is 4. The third kappa shape index (κ3) is 1.73. The molecule has 4 rings (SSSR count). The molecule has 2 bridgehead atoms. The molecule has 0 amide bonds. The Labute approximate surface area is 105 Å². The number of carbonyl (C=O) groups excluding carboxylic acids is 1. The van der Waals surface area contributed by atoms with Crippen molar-refractivity contribution in [3.63, 3.8) is 0 Å². The SMILES string of the molecule is O=C1CC2CC(C2)C[C@@H](O)C12SCCCS2. The van der Waals surface area contributed by atoms with E-state index in [0.29, 0.717) is 24.0 Å². The van der Waals surface area contributed by atoms with Crippen LogP contribution in [-0.2, 0) is 4.79 Å². The Kier molecular flexibility index (Phi) is 3.01. The van der Waals surface area contributed by atoms with Crippen LogP contribution in [0.3, 0.4) is 0 Å². The summed E-state index contributed by atoms with van der Waals surface area (Å²) in [6.07, 6.45) is 4.67. The first kappa shape index (κ1) is 11.4.